The van der Waals surface area contributed by atoms with Crippen LogP contribution in [0.25, 0.3) is 0 Å². The number of sulfonamides is 1. The van der Waals surface area contributed by atoms with Crippen LogP contribution in [-0.2, 0) is 10.0 Å². The van der Waals surface area contributed by atoms with E-state index < -0.39 is 15.3 Å². The Balaban J connectivity index is 2.47. The monoisotopic (exact) mass is 274 g/mol. The van der Waals surface area contributed by atoms with Crippen LogP contribution in [0.1, 0.15) is 6.92 Å². The molecule has 1 atom stereocenters. The molecule has 1 saturated heterocycles. The molecule has 0 bridgehead atoms. The molecule has 6 nitrogen and oxygen atoms in total. The minimum absolute atomic E-state index is 0.488. The van der Waals surface area contributed by atoms with E-state index in [9.17, 15) is 8.42 Å². The Morgan fingerprint density at radius 1 is 1.28 bits per heavy atom. The van der Waals surface area contributed by atoms with Crippen molar-refractivity contribution in [2.45, 2.75) is 12.2 Å². The molecule has 0 radical (unpaired) electrons. The van der Waals surface area contributed by atoms with Gasteiger partial charge in [0.25, 0.3) is 0 Å². The molecule has 18 heavy (non-hydrogen) atoms. The molecule has 0 aromatic carbocycles. The third-order valence-electron chi connectivity index (χ3n) is 3.18. The predicted molar refractivity (Wildman–Crippen MR) is 70.6 cm³/mol. The van der Waals surface area contributed by atoms with Crippen molar-refractivity contribution in [3.63, 3.8) is 0 Å². The molecule has 0 N–H and O–H groups in total. The summed E-state index contributed by atoms with van der Waals surface area (Å²) in [5, 5.41) is 7.77. The highest BCUT2D eigenvalue weighted by molar-refractivity contribution is 7.89. The van der Waals surface area contributed by atoms with Crippen LogP contribution >= 0.6 is 0 Å². The summed E-state index contributed by atoms with van der Waals surface area (Å²) in [6.45, 7) is 5.82. The van der Waals surface area contributed by atoms with Crippen LogP contribution in [0.15, 0.2) is 0 Å². The SMILES string of the molecule is CC(C#N)S(=O)(=O)N1CCN(CCN(C)C)CC1. The summed E-state index contributed by atoms with van der Waals surface area (Å²) in [5.41, 5.74) is 0. The maximum Gasteiger partial charge on any atom is 0.230 e. The molecule has 1 rings (SSSR count). The molecule has 1 heterocycles. The zero-order valence-electron chi connectivity index (χ0n) is 11.3. The molecule has 0 aromatic heterocycles. The third-order valence-corrected chi connectivity index (χ3v) is 5.27. The fourth-order valence-corrected chi connectivity index (χ4v) is 3.09. The predicted octanol–water partition coefficient (Wildman–Crippen LogP) is -0.593. The van der Waals surface area contributed by atoms with Crippen molar-refractivity contribution in [2.75, 3.05) is 53.4 Å². The van der Waals surface area contributed by atoms with Gasteiger partial charge < -0.3 is 4.90 Å². The molecule has 0 amide bonds. The number of nitrogens with zero attached hydrogens (tertiary/aromatic N) is 4. The first-order valence-corrected chi connectivity index (χ1v) is 7.64. The first-order chi connectivity index (χ1) is 8.37. The fourth-order valence-electron chi connectivity index (χ4n) is 1.84. The molecule has 1 fully saturated rings. The molecule has 0 aromatic rings. The average molecular weight is 274 g/mol. The van der Waals surface area contributed by atoms with Crippen LogP contribution in [-0.4, -0.2) is 81.1 Å². The normalized spacial score (nSPS) is 20.8. The van der Waals surface area contributed by atoms with E-state index >= 15 is 0 Å². The lowest BCUT2D eigenvalue weighted by Crippen LogP contribution is -2.51. The van der Waals surface area contributed by atoms with Gasteiger partial charge in [0.05, 0.1) is 6.07 Å². The van der Waals surface area contributed by atoms with Gasteiger partial charge in [0.1, 0.15) is 0 Å². The number of hydrogen-bond donors (Lipinski definition) is 0. The minimum atomic E-state index is -3.43. The number of hydrogen-bond acceptors (Lipinski definition) is 5. The number of nitriles is 1. The van der Waals surface area contributed by atoms with Crippen molar-refractivity contribution in [2.24, 2.45) is 0 Å². The van der Waals surface area contributed by atoms with Crippen molar-refractivity contribution in [1.29, 1.82) is 5.26 Å². The second kappa shape index (κ2) is 6.48. The van der Waals surface area contributed by atoms with Gasteiger partial charge in [-0.2, -0.15) is 9.57 Å². The first-order valence-electron chi connectivity index (χ1n) is 6.13. The van der Waals surface area contributed by atoms with Crippen LogP contribution in [0.5, 0.6) is 0 Å². The van der Waals surface area contributed by atoms with Gasteiger partial charge in [-0.1, -0.05) is 0 Å². The zero-order chi connectivity index (χ0) is 13.8. The van der Waals surface area contributed by atoms with Crippen molar-refractivity contribution in [1.82, 2.24) is 14.1 Å². The number of piperazine rings is 1. The molecule has 104 valence electrons. The van der Waals surface area contributed by atoms with Gasteiger partial charge in [-0.25, -0.2) is 8.42 Å². The average Bonchev–Trinajstić information content (AvgIpc) is 2.35. The molecule has 1 unspecified atom stereocenters. The van der Waals surface area contributed by atoms with E-state index in [-0.39, 0.29) is 0 Å². The Morgan fingerprint density at radius 3 is 2.28 bits per heavy atom. The quantitative estimate of drug-likeness (QED) is 0.670. The van der Waals surface area contributed by atoms with E-state index in [0.717, 1.165) is 26.2 Å². The summed E-state index contributed by atoms with van der Waals surface area (Å²) in [6.07, 6.45) is 0. The number of rotatable bonds is 5. The third kappa shape index (κ3) is 3.92. The molecule has 7 heteroatoms. The second-order valence-corrected chi connectivity index (χ2v) is 7.11. The van der Waals surface area contributed by atoms with Gasteiger partial charge in [0.2, 0.25) is 10.0 Å². The Bertz CT molecular complexity index is 394. The van der Waals surface area contributed by atoms with Gasteiger partial charge in [0.15, 0.2) is 5.25 Å². The molecular weight excluding hydrogens is 252 g/mol. The van der Waals surface area contributed by atoms with Gasteiger partial charge in [-0.3, -0.25) is 4.90 Å². The number of likely N-dealkylation sites (N-methyl/N-ethyl adjacent to an activating group) is 1. The van der Waals surface area contributed by atoms with E-state index in [1.165, 1.54) is 11.2 Å². The maximum absolute atomic E-state index is 12.0. The highest BCUT2D eigenvalue weighted by Crippen LogP contribution is 2.12. The van der Waals surface area contributed by atoms with E-state index in [1.807, 2.05) is 14.1 Å². The molecule has 1 aliphatic rings. The summed E-state index contributed by atoms with van der Waals surface area (Å²) >= 11 is 0. The van der Waals surface area contributed by atoms with E-state index in [4.69, 9.17) is 5.26 Å². The highest BCUT2D eigenvalue weighted by Gasteiger charge is 2.31. The van der Waals surface area contributed by atoms with Crippen LogP contribution < -0.4 is 0 Å². The van der Waals surface area contributed by atoms with E-state index in [1.54, 1.807) is 6.07 Å². The largest absolute Gasteiger partial charge is 0.308 e. The lowest BCUT2D eigenvalue weighted by atomic mass is 10.3. The Morgan fingerprint density at radius 2 is 1.83 bits per heavy atom. The molecule has 0 spiro atoms. The summed E-state index contributed by atoms with van der Waals surface area (Å²) in [6, 6.07) is 1.80. The van der Waals surface area contributed by atoms with Crippen molar-refractivity contribution in [3.8, 4) is 6.07 Å². The van der Waals surface area contributed by atoms with Crippen LogP contribution in [0.4, 0.5) is 0 Å². The summed E-state index contributed by atoms with van der Waals surface area (Å²) < 4.78 is 25.4. The van der Waals surface area contributed by atoms with Gasteiger partial charge in [-0.05, 0) is 21.0 Å². The lowest BCUT2D eigenvalue weighted by Gasteiger charge is -2.34. The van der Waals surface area contributed by atoms with E-state index in [0.29, 0.717) is 13.1 Å². The Labute approximate surface area is 110 Å². The van der Waals surface area contributed by atoms with Crippen molar-refractivity contribution < 1.29 is 8.42 Å². The summed E-state index contributed by atoms with van der Waals surface area (Å²) in [5.74, 6) is 0. The molecule has 0 aliphatic carbocycles. The van der Waals surface area contributed by atoms with Crippen LogP contribution in [0.2, 0.25) is 0 Å². The zero-order valence-corrected chi connectivity index (χ0v) is 12.2. The summed E-state index contributed by atoms with van der Waals surface area (Å²) in [4.78, 5) is 4.37. The summed E-state index contributed by atoms with van der Waals surface area (Å²) in [7, 11) is 0.615. The maximum atomic E-state index is 12.0. The van der Waals surface area contributed by atoms with Gasteiger partial charge in [-0.15, -0.1) is 0 Å². The first kappa shape index (κ1) is 15.4. The highest BCUT2D eigenvalue weighted by atomic mass is 32.2. The lowest BCUT2D eigenvalue weighted by molar-refractivity contribution is 0.174. The smallest absolute Gasteiger partial charge is 0.230 e. The molecule has 1 aliphatic heterocycles. The topological polar surface area (TPSA) is 67.6 Å². The van der Waals surface area contributed by atoms with Crippen LogP contribution in [0, 0.1) is 11.3 Å². The minimum Gasteiger partial charge on any atom is -0.308 e. The van der Waals surface area contributed by atoms with Gasteiger partial charge in [0, 0.05) is 39.3 Å². The van der Waals surface area contributed by atoms with Crippen molar-refractivity contribution in [3.05, 3.63) is 0 Å². The molecular formula is C11H22N4O2S. The van der Waals surface area contributed by atoms with Crippen molar-refractivity contribution >= 4 is 10.0 Å². The second-order valence-electron chi connectivity index (χ2n) is 4.86. The standard InChI is InChI=1S/C11H22N4O2S/c1-11(10-12)18(16,17)15-8-6-14(7-9-15)5-4-13(2)3/h11H,4-9H2,1-3H3. The molecule has 0 saturated carbocycles. The Kier molecular flexibility index (Phi) is 5.53. The van der Waals surface area contributed by atoms with Gasteiger partial charge >= 0.3 is 0 Å². The fraction of sp³-hybridized carbons (Fsp3) is 0.909. The Hall–Kier alpha value is -0.680. The van der Waals surface area contributed by atoms with Crippen LogP contribution in [0.3, 0.4) is 0 Å². The van der Waals surface area contributed by atoms with E-state index in [2.05, 4.69) is 9.80 Å².